The highest BCUT2D eigenvalue weighted by atomic mass is 32.2. The molecule has 18 heavy (non-hydrogen) atoms. The Morgan fingerprint density at radius 2 is 1.89 bits per heavy atom. The molecule has 2 aromatic carbocycles. The monoisotopic (exact) mass is 258 g/mol. The third-order valence-corrected chi connectivity index (χ3v) is 3.73. The fourth-order valence-electron chi connectivity index (χ4n) is 1.66. The van der Waals surface area contributed by atoms with E-state index in [1.165, 1.54) is 5.56 Å². The summed E-state index contributed by atoms with van der Waals surface area (Å²) in [7, 11) is 0. The quantitative estimate of drug-likeness (QED) is 0.843. The van der Waals surface area contributed by atoms with Gasteiger partial charge in [-0.2, -0.15) is 0 Å². The van der Waals surface area contributed by atoms with Gasteiger partial charge in [0.05, 0.1) is 5.56 Å². The third-order valence-electron chi connectivity index (χ3n) is 2.60. The van der Waals surface area contributed by atoms with Gasteiger partial charge in [0.1, 0.15) is 0 Å². The lowest BCUT2D eigenvalue weighted by Crippen LogP contribution is -1.99. The summed E-state index contributed by atoms with van der Waals surface area (Å²) in [5, 5.41) is 9.14. The van der Waals surface area contributed by atoms with Crippen LogP contribution < -0.4 is 0 Å². The van der Waals surface area contributed by atoms with E-state index in [4.69, 9.17) is 5.11 Å². The highest BCUT2D eigenvalue weighted by Crippen LogP contribution is 2.27. The molecule has 0 aromatic heterocycles. The van der Waals surface area contributed by atoms with E-state index in [2.05, 4.69) is 0 Å². The molecule has 92 valence electrons. The Morgan fingerprint density at radius 1 is 1.17 bits per heavy atom. The Morgan fingerprint density at radius 3 is 2.56 bits per heavy atom. The number of carbonyl (C=O) groups is 1. The maximum Gasteiger partial charge on any atom is 0.336 e. The topological polar surface area (TPSA) is 37.3 Å². The average molecular weight is 258 g/mol. The van der Waals surface area contributed by atoms with Gasteiger partial charge in [0.2, 0.25) is 0 Å². The van der Waals surface area contributed by atoms with E-state index < -0.39 is 5.97 Å². The van der Waals surface area contributed by atoms with Crippen LogP contribution in [-0.4, -0.2) is 11.1 Å². The lowest BCUT2D eigenvalue weighted by Gasteiger charge is -2.07. The molecular weight excluding hydrogens is 244 g/mol. The number of aryl methyl sites for hydroxylation is 1. The van der Waals surface area contributed by atoms with Crippen molar-refractivity contribution >= 4 is 17.7 Å². The van der Waals surface area contributed by atoms with Gasteiger partial charge in [0.25, 0.3) is 0 Å². The maximum absolute atomic E-state index is 11.1. The first kappa shape index (κ1) is 12.7. The molecule has 0 fully saturated rings. The molecule has 3 heteroatoms. The Balaban J connectivity index is 2.18. The van der Waals surface area contributed by atoms with Crippen molar-refractivity contribution in [1.29, 1.82) is 0 Å². The molecule has 2 nitrogen and oxygen atoms in total. The van der Waals surface area contributed by atoms with Crippen LogP contribution in [-0.2, 0) is 5.75 Å². The molecule has 0 aliphatic carbocycles. The Hall–Kier alpha value is -1.74. The van der Waals surface area contributed by atoms with E-state index in [-0.39, 0.29) is 0 Å². The summed E-state index contributed by atoms with van der Waals surface area (Å²) in [6, 6.07) is 15.5. The summed E-state index contributed by atoms with van der Waals surface area (Å²) in [5.41, 5.74) is 2.65. The van der Waals surface area contributed by atoms with Gasteiger partial charge in [-0.25, -0.2) is 4.79 Å². The number of carboxylic acids is 1. The normalized spacial score (nSPS) is 10.3. The number of rotatable bonds is 4. The molecule has 0 amide bonds. The SMILES string of the molecule is Cc1ccc(C(=O)O)c(SCc2ccccc2)c1. The predicted octanol–water partition coefficient (Wildman–Crippen LogP) is 3.99. The molecule has 0 aliphatic heterocycles. The minimum absolute atomic E-state index is 0.376. The van der Waals surface area contributed by atoms with Gasteiger partial charge in [-0.3, -0.25) is 0 Å². The molecule has 0 aliphatic rings. The second kappa shape index (κ2) is 5.74. The summed E-state index contributed by atoms with van der Waals surface area (Å²) in [6.45, 7) is 1.97. The number of thioether (sulfide) groups is 1. The lowest BCUT2D eigenvalue weighted by atomic mass is 10.1. The van der Waals surface area contributed by atoms with Gasteiger partial charge in [0, 0.05) is 10.6 Å². The van der Waals surface area contributed by atoms with Crippen molar-refractivity contribution < 1.29 is 9.90 Å². The second-order valence-corrected chi connectivity index (χ2v) is 5.10. The highest BCUT2D eigenvalue weighted by molar-refractivity contribution is 7.98. The van der Waals surface area contributed by atoms with Crippen LogP contribution in [0.25, 0.3) is 0 Å². The van der Waals surface area contributed by atoms with Gasteiger partial charge in [-0.1, -0.05) is 36.4 Å². The highest BCUT2D eigenvalue weighted by Gasteiger charge is 2.10. The number of hydrogen-bond donors (Lipinski definition) is 1. The summed E-state index contributed by atoms with van der Waals surface area (Å²) in [5.74, 6) is -0.0875. The van der Waals surface area contributed by atoms with Crippen LogP contribution in [0.4, 0.5) is 0 Å². The molecule has 0 saturated carbocycles. The van der Waals surface area contributed by atoms with E-state index in [0.717, 1.165) is 16.2 Å². The fourth-order valence-corrected chi connectivity index (χ4v) is 2.76. The first-order valence-electron chi connectivity index (χ1n) is 5.67. The number of carboxylic acid groups (broad SMARTS) is 1. The molecule has 0 heterocycles. The van der Waals surface area contributed by atoms with E-state index in [1.807, 2.05) is 49.4 Å². The second-order valence-electron chi connectivity index (χ2n) is 4.08. The van der Waals surface area contributed by atoms with E-state index in [9.17, 15) is 4.79 Å². The van der Waals surface area contributed by atoms with Gasteiger partial charge < -0.3 is 5.11 Å². The first-order valence-corrected chi connectivity index (χ1v) is 6.66. The van der Waals surface area contributed by atoms with E-state index >= 15 is 0 Å². The maximum atomic E-state index is 11.1. The Kier molecular flexibility index (Phi) is 4.05. The summed E-state index contributed by atoms with van der Waals surface area (Å²) in [4.78, 5) is 12.0. The smallest absolute Gasteiger partial charge is 0.336 e. The Labute approximate surface area is 111 Å². The van der Waals surface area contributed by atoms with Crippen molar-refractivity contribution in [3.63, 3.8) is 0 Å². The zero-order chi connectivity index (χ0) is 13.0. The zero-order valence-electron chi connectivity index (χ0n) is 10.1. The molecular formula is C15H14O2S. The molecule has 0 bridgehead atoms. The van der Waals surface area contributed by atoms with Crippen LogP contribution in [0.5, 0.6) is 0 Å². The predicted molar refractivity (Wildman–Crippen MR) is 74.1 cm³/mol. The minimum atomic E-state index is -0.870. The van der Waals surface area contributed by atoms with Gasteiger partial charge in [0.15, 0.2) is 0 Å². The van der Waals surface area contributed by atoms with Crippen molar-refractivity contribution in [3.05, 3.63) is 65.2 Å². The molecule has 2 rings (SSSR count). The van der Waals surface area contributed by atoms with Crippen molar-refractivity contribution in [1.82, 2.24) is 0 Å². The molecule has 0 saturated heterocycles. The standard InChI is InChI=1S/C15H14O2S/c1-11-7-8-13(15(16)17)14(9-11)18-10-12-5-3-2-4-6-12/h2-9H,10H2,1H3,(H,16,17). The summed E-state index contributed by atoms with van der Waals surface area (Å²) in [6.07, 6.45) is 0. The lowest BCUT2D eigenvalue weighted by molar-refractivity contribution is 0.0693. The van der Waals surface area contributed by atoms with Crippen molar-refractivity contribution in [3.8, 4) is 0 Å². The molecule has 0 atom stereocenters. The van der Waals surface area contributed by atoms with Crippen LogP contribution in [0, 0.1) is 6.92 Å². The van der Waals surface area contributed by atoms with E-state index in [0.29, 0.717) is 5.56 Å². The van der Waals surface area contributed by atoms with Gasteiger partial charge in [-0.05, 0) is 30.2 Å². The third kappa shape index (κ3) is 3.14. The average Bonchev–Trinajstić information content (AvgIpc) is 2.37. The number of benzene rings is 2. The van der Waals surface area contributed by atoms with Crippen LogP contribution >= 0.6 is 11.8 Å². The molecule has 0 radical (unpaired) electrons. The van der Waals surface area contributed by atoms with Crippen molar-refractivity contribution in [2.45, 2.75) is 17.6 Å². The molecule has 0 spiro atoms. The number of hydrogen-bond acceptors (Lipinski definition) is 2. The first-order chi connectivity index (χ1) is 8.66. The largest absolute Gasteiger partial charge is 0.478 e. The fraction of sp³-hybridized carbons (Fsp3) is 0.133. The van der Waals surface area contributed by atoms with Crippen LogP contribution in [0.1, 0.15) is 21.5 Å². The van der Waals surface area contributed by atoms with Crippen molar-refractivity contribution in [2.75, 3.05) is 0 Å². The van der Waals surface area contributed by atoms with E-state index in [1.54, 1.807) is 17.8 Å². The van der Waals surface area contributed by atoms with Crippen LogP contribution in [0.15, 0.2) is 53.4 Å². The zero-order valence-corrected chi connectivity index (χ0v) is 10.9. The molecule has 0 unspecified atom stereocenters. The minimum Gasteiger partial charge on any atom is -0.478 e. The summed E-state index contributed by atoms with van der Waals surface area (Å²) < 4.78 is 0. The molecule has 1 N–H and O–H groups in total. The van der Waals surface area contributed by atoms with Gasteiger partial charge in [-0.15, -0.1) is 11.8 Å². The molecule has 2 aromatic rings. The number of aromatic carboxylic acids is 1. The van der Waals surface area contributed by atoms with Crippen molar-refractivity contribution in [2.24, 2.45) is 0 Å². The van der Waals surface area contributed by atoms with Gasteiger partial charge >= 0.3 is 5.97 Å². The van der Waals surface area contributed by atoms with Crippen LogP contribution in [0.3, 0.4) is 0 Å². The Bertz CT molecular complexity index is 550. The summed E-state index contributed by atoms with van der Waals surface area (Å²) >= 11 is 1.56. The van der Waals surface area contributed by atoms with Crippen LogP contribution in [0.2, 0.25) is 0 Å².